The van der Waals surface area contributed by atoms with Crippen molar-refractivity contribution >= 4 is 5.69 Å². The molecule has 2 aromatic rings. The minimum Gasteiger partial charge on any atom is -0.475 e. The molecule has 0 bridgehead atoms. The van der Waals surface area contributed by atoms with Crippen LogP contribution in [0, 0.1) is 6.92 Å². The molecule has 0 radical (unpaired) electrons. The lowest BCUT2D eigenvalue weighted by molar-refractivity contribution is 0.196. The van der Waals surface area contributed by atoms with Crippen molar-refractivity contribution in [2.75, 3.05) is 44.2 Å². The molecular formula is C16H21N5O. The molecule has 1 saturated heterocycles. The van der Waals surface area contributed by atoms with Crippen molar-refractivity contribution in [2.45, 2.75) is 6.92 Å². The molecule has 6 heteroatoms. The quantitative estimate of drug-likeness (QED) is 0.831. The van der Waals surface area contributed by atoms with Crippen LogP contribution in [0.4, 0.5) is 5.69 Å². The number of nitrogens with zero attached hydrogens (tertiary/aromatic N) is 5. The van der Waals surface area contributed by atoms with E-state index in [1.54, 1.807) is 0 Å². The lowest BCUT2D eigenvalue weighted by Crippen LogP contribution is -2.47. The maximum atomic E-state index is 5.64. The smallest absolute Gasteiger partial charge is 0.233 e. The van der Waals surface area contributed by atoms with Crippen molar-refractivity contribution in [3.8, 4) is 5.88 Å². The van der Waals surface area contributed by atoms with Gasteiger partial charge in [-0.25, -0.2) is 0 Å². The minimum atomic E-state index is 0.598. The van der Waals surface area contributed by atoms with E-state index in [-0.39, 0.29) is 0 Å². The van der Waals surface area contributed by atoms with Crippen LogP contribution in [0.2, 0.25) is 0 Å². The number of piperazine rings is 1. The first kappa shape index (κ1) is 14.7. The van der Waals surface area contributed by atoms with Gasteiger partial charge in [0.1, 0.15) is 6.61 Å². The average molecular weight is 299 g/mol. The average Bonchev–Trinajstić information content (AvgIpc) is 2.58. The van der Waals surface area contributed by atoms with Crippen LogP contribution in [-0.2, 0) is 0 Å². The van der Waals surface area contributed by atoms with Gasteiger partial charge in [0, 0.05) is 56.9 Å². The fraction of sp³-hybridized carbons (Fsp3) is 0.438. The Morgan fingerprint density at radius 2 is 1.77 bits per heavy atom. The summed E-state index contributed by atoms with van der Waals surface area (Å²) in [5.41, 5.74) is 2.15. The van der Waals surface area contributed by atoms with Gasteiger partial charge in [-0.1, -0.05) is 0 Å². The minimum absolute atomic E-state index is 0.598. The lowest BCUT2D eigenvalue weighted by atomic mass is 10.2. The second kappa shape index (κ2) is 7.17. The molecule has 0 aromatic carbocycles. The highest BCUT2D eigenvalue weighted by Crippen LogP contribution is 2.14. The molecule has 0 amide bonds. The standard InChI is InChI=1S/C16H21N5O/c1-14-2-3-16(19-18-14)22-13-12-20-8-10-21(11-9-20)15-4-6-17-7-5-15/h2-7H,8-13H2,1H3. The van der Waals surface area contributed by atoms with Gasteiger partial charge in [0.15, 0.2) is 0 Å². The van der Waals surface area contributed by atoms with Gasteiger partial charge in [-0.2, -0.15) is 5.10 Å². The zero-order valence-electron chi connectivity index (χ0n) is 12.9. The zero-order valence-corrected chi connectivity index (χ0v) is 12.9. The summed E-state index contributed by atoms with van der Waals surface area (Å²) in [6, 6.07) is 7.91. The molecule has 0 N–H and O–H groups in total. The van der Waals surface area contributed by atoms with E-state index in [0.29, 0.717) is 12.5 Å². The first-order valence-electron chi connectivity index (χ1n) is 7.62. The topological polar surface area (TPSA) is 54.4 Å². The van der Waals surface area contributed by atoms with Gasteiger partial charge in [0.2, 0.25) is 5.88 Å². The van der Waals surface area contributed by atoms with Crippen LogP contribution < -0.4 is 9.64 Å². The van der Waals surface area contributed by atoms with E-state index in [2.05, 4.69) is 37.1 Å². The monoisotopic (exact) mass is 299 g/mol. The molecule has 116 valence electrons. The molecule has 0 aliphatic carbocycles. The Balaban J connectivity index is 1.40. The van der Waals surface area contributed by atoms with Crippen LogP contribution in [0.1, 0.15) is 5.69 Å². The molecule has 3 heterocycles. The molecular weight excluding hydrogens is 278 g/mol. The second-order valence-corrected chi connectivity index (χ2v) is 5.40. The third-order valence-corrected chi connectivity index (χ3v) is 3.83. The number of ether oxygens (including phenoxy) is 1. The summed E-state index contributed by atoms with van der Waals surface area (Å²) in [5.74, 6) is 0.598. The highest BCUT2D eigenvalue weighted by atomic mass is 16.5. The summed E-state index contributed by atoms with van der Waals surface area (Å²) in [6.45, 7) is 7.64. The number of aryl methyl sites for hydroxylation is 1. The van der Waals surface area contributed by atoms with Crippen molar-refractivity contribution in [3.63, 3.8) is 0 Å². The number of rotatable bonds is 5. The predicted molar refractivity (Wildman–Crippen MR) is 85.2 cm³/mol. The van der Waals surface area contributed by atoms with Crippen LogP contribution in [0.3, 0.4) is 0 Å². The SMILES string of the molecule is Cc1ccc(OCCN2CCN(c3ccncc3)CC2)nn1. The molecule has 22 heavy (non-hydrogen) atoms. The molecule has 1 aliphatic heterocycles. The number of pyridine rings is 1. The van der Waals surface area contributed by atoms with Crippen molar-refractivity contribution in [2.24, 2.45) is 0 Å². The van der Waals surface area contributed by atoms with E-state index in [0.717, 1.165) is 38.4 Å². The number of hydrogen-bond acceptors (Lipinski definition) is 6. The highest BCUT2D eigenvalue weighted by Gasteiger charge is 2.16. The van der Waals surface area contributed by atoms with Gasteiger partial charge in [-0.15, -0.1) is 5.10 Å². The van der Waals surface area contributed by atoms with Gasteiger partial charge in [0.25, 0.3) is 0 Å². The summed E-state index contributed by atoms with van der Waals surface area (Å²) in [4.78, 5) is 8.87. The third-order valence-electron chi connectivity index (χ3n) is 3.83. The molecule has 1 fully saturated rings. The van der Waals surface area contributed by atoms with Gasteiger partial charge < -0.3 is 9.64 Å². The maximum Gasteiger partial charge on any atom is 0.233 e. The van der Waals surface area contributed by atoms with E-state index >= 15 is 0 Å². The summed E-state index contributed by atoms with van der Waals surface area (Å²) in [5, 5.41) is 8.00. The van der Waals surface area contributed by atoms with E-state index in [1.807, 2.05) is 31.5 Å². The van der Waals surface area contributed by atoms with Crippen LogP contribution >= 0.6 is 0 Å². The van der Waals surface area contributed by atoms with Crippen LogP contribution in [-0.4, -0.2) is 59.4 Å². The molecule has 6 nitrogen and oxygen atoms in total. The van der Waals surface area contributed by atoms with Crippen LogP contribution in [0.15, 0.2) is 36.7 Å². The van der Waals surface area contributed by atoms with Gasteiger partial charge >= 0.3 is 0 Å². The molecule has 0 atom stereocenters. The first-order chi connectivity index (χ1) is 10.8. The first-order valence-corrected chi connectivity index (χ1v) is 7.62. The fourth-order valence-electron chi connectivity index (χ4n) is 2.53. The number of anilines is 1. The maximum absolute atomic E-state index is 5.64. The van der Waals surface area contributed by atoms with Crippen molar-refractivity contribution in [3.05, 3.63) is 42.4 Å². The molecule has 0 spiro atoms. The molecule has 2 aromatic heterocycles. The zero-order chi connectivity index (χ0) is 15.2. The van der Waals surface area contributed by atoms with E-state index < -0.39 is 0 Å². The predicted octanol–water partition coefficient (Wildman–Crippen LogP) is 1.38. The fourth-order valence-corrected chi connectivity index (χ4v) is 2.53. The Morgan fingerprint density at radius 1 is 1.00 bits per heavy atom. The van der Waals surface area contributed by atoms with Gasteiger partial charge in [0.05, 0.1) is 5.69 Å². The molecule has 0 saturated carbocycles. The van der Waals surface area contributed by atoms with Crippen molar-refractivity contribution in [1.29, 1.82) is 0 Å². The summed E-state index contributed by atoms with van der Waals surface area (Å²) < 4.78 is 5.64. The second-order valence-electron chi connectivity index (χ2n) is 5.40. The Kier molecular flexibility index (Phi) is 4.80. The molecule has 1 aliphatic rings. The van der Waals surface area contributed by atoms with Gasteiger partial charge in [-0.3, -0.25) is 9.88 Å². The summed E-state index contributed by atoms with van der Waals surface area (Å²) >= 11 is 0. The Morgan fingerprint density at radius 3 is 2.45 bits per heavy atom. The molecule has 3 rings (SSSR count). The van der Waals surface area contributed by atoms with E-state index in [4.69, 9.17) is 4.74 Å². The van der Waals surface area contributed by atoms with Crippen molar-refractivity contribution < 1.29 is 4.74 Å². The van der Waals surface area contributed by atoms with E-state index in [9.17, 15) is 0 Å². The largest absolute Gasteiger partial charge is 0.475 e. The van der Waals surface area contributed by atoms with Crippen LogP contribution in [0.25, 0.3) is 0 Å². The number of aromatic nitrogens is 3. The Bertz CT molecular complexity index is 567. The Hall–Kier alpha value is -2.21. The normalized spacial score (nSPS) is 15.8. The summed E-state index contributed by atoms with van der Waals surface area (Å²) in [7, 11) is 0. The molecule has 0 unspecified atom stereocenters. The van der Waals surface area contributed by atoms with Crippen molar-refractivity contribution in [1.82, 2.24) is 20.1 Å². The highest BCUT2D eigenvalue weighted by molar-refractivity contribution is 5.44. The number of hydrogen-bond donors (Lipinski definition) is 0. The lowest BCUT2D eigenvalue weighted by Gasteiger charge is -2.35. The third kappa shape index (κ3) is 3.92. The summed E-state index contributed by atoms with van der Waals surface area (Å²) in [6.07, 6.45) is 3.69. The van der Waals surface area contributed by atoms with Crippen LogP contribution in [0.5, 0.6) is 5.88 Å². The van der Waals surface area contributed by atoms with E-state index in [1.165, 1.54) is 5.69 Å². The van der Waals surface area contributed by atoms with Gasteiger partial charge in [-0.05, 0) is 25.1 Å². The Labute approximate surface area is 130 Å².